The van der Waals surface area contributed by atoms with Crippen LogP contribution >= 0.6 is 0 Å². The highest BCUT2D eigenvalue weighted by Crippen LogP contribution is 2.04. The number of nitrogens with two attached hydrogens (primary N) is 1. The lowest BCUT2D eigenvalue weighted by molar-refractivity contribution is -0.122. The number of carbonyl (C=O) groups excluding carboxylic acids is 1. The van der Waals surface area contributed by atoms with E-state index in [4.69, 9.17) is 11.0 Å². The van der Waals surface area contributed by atoms with Crippen LogP contribution in [-0.2, 0) is 4.79 Å². The fourth-order valence-corrected chi connectivity index (χ4v) is 1.20. The Kier molecular flexibility index (Phi) is 7.65. The number of rotatable bonds is 7. The normalized spacial score (nSPS) is 14.0. The Morgan fingerprint density at radius 2 is 2.27 bits per heavy atom. The van der Waals surface area contributed by atoms with Crippen molar-refractivity contribution < 1.29 is 4.79 Å². The molecule has 0 bridgehead atoms. The topological polar surface area (TPSA) is 78.9 Å². The molecule has 4 nitrogen and oxygen atoms in total. The first-order valence-electron chi connectivity index (χ1n) is 5.50. The number of nitriles is 1. The van der Waals surface area contributed by atoms with E-state index >= 15 is 0 Å². The Bertz CT molecular complexity index is 222. The molecule has 15 heavy (non-hydrogen) atoms. The van der Waals surface area contributed by atoms with Crippen LogP contribution in [0.1, 0.15) is 39.5 Å². The van der Waals surface area contributed by atoms with Gasteiger partial charge >= 0.3 is 0 Å². The number of hydrogen-bond acceptors (Lipinski definition) is 3. The molecule has 4 heteroatoms. The number of nitrogens with zero attached hydrogens (tertiary/aromatic N) is 1. The van der Waals surface area contributed by atoms with E-state index in [2.05, 4.69) is 11.4 Å². The number of amides is 1. The van der Waals surface area contributed by atoms with E-state index < -0.39 is 0 Å². The van der Waals surface area contributed by atoms with Crippen molar-refractivity contribution in [1.82, 2.24) is 5.32 Å². The zero-order valence-electron chi connectivity index (χ0n) is 9.62. The number of hydrogen-bond donors (Lipinski definition) is 2. The molecule has 0 radical (unpaired) electrons. The van der Waals surface area contributed by atoms with Crippen LogP contribution in [0.2, 0.25) is 0 Å². The number of carbonyl (C=O) groups is 1. The number of nitrogens with one attached hydrogen (secondary N) is 1. The molecule has 0 fully saturated rings. The second-order valence-electron chi connectivity index (χ2n) is 3.91. The van der Waals surface area contributed by atoms with Crippen molar-refractivity contribution >= 4 is 5.91 Å². The summed E-state index contributed by atoms with van der Waals surface area (Å²) in [5, 5.41) is 11.4. The van der Waals surface area contributed by atoms with Crippen molar-refractivity contribution in [2.24, 2.45) is 11.7 Å². The lowest BCUT2D eigenvalue weighted by Crippen LogP contribution is -2.34. The van der Waals surface area contributed by atoms with Crippen LogP contribution < -0.4 is 11.1 Å². The van der Waals surface area contributed by atoms with E-state index in [9.17, 15) is 4.79 Å². The molecular formula is C11H21N3O. The summed E-state index contributed by atoms with van der Waals surface area (Å²) < 4.78 is 0. The Labute approximate surface area is 91.8 Å². The minimum absolute atomic E-state index is 0.00400. The van der Waals surface area contributed by atoms with Crippen LogP contribution in [0.25, 0.3) is 0 Å². The Morgan fingerprint density at radius 1 is 1.60 bits per heavy atom. The third kappa shape index (κ3) is 6.92. The van der Waals surface area contributed by atoms with Gasteiger partial charge in [-0.2, -0.15) is 5.26 Å². The van der Waals surface area contributed by atoms with Gasteiger partial charge in [0.1, 0.15) is 0 Å². The molecule has 0 aromatic heterocycles. The van der Waals surface area contributed by atoms with E-state index in [0.29, 0.717) is 25.3 Å². The zero-order valence-corrected chi connectivity index (χ0v) is 9.62. The highest BCUT2D eigenvalue weighted by molar-refractivity contribution is 5.76. The Balaban J connectivity index is 3.77. The fraction of sp³-hybridized carbons (Fsp3) is 0.818. The van der Waals surface area contributed by atoms with Crippen molar-refractivity contribution in [1.29, 1.82) is 5.26 Å². The van der Waals surface area contributed by atoms with Gasteiger partial charge in [0, 0.05) is 12.5 Å². The van der Waals surface area contributed by atoms with Gasteiger partial charge in [0.2, 0.25) is 5.91 Å². The van der Waals surface area contributed by atoms with Gasteiger partial charge in [0.15, 0.2) is 0 Å². The highest BCUT2D eigenvalue weighted by atomic mass is 16.1. The molecule has 0 heterocycles. The molecule has 0 aromatic rings. The van der Waals surface area contributed by atoms with Gasteiger partial charge in [-0.1, -0.05) is 13.8 Å². The van der Waals surface area contributed by atoms with Crippen molar-refractivity contribution in [3.63, 3.8) is 0 Å². The molecule has 3 N–H and O–H groups in total. The molecule has 0 saturated carbocycles. The van der Waals surface area contributed by atoms with Gasteiger partial charge in [-0.15, -0.1) is 0 Å². The standard InChI is InChI=1S/C11H21N3O/c1-3-10(6-7-12)14-11(15)5-4-9(2)8-13/h9-10H,3-6,8,13H2,1-2H3,(H,14,15). The molecule has 0 aliphatic heterocycles. The fourth-order valence-electron chi connectivity index (χ4n) is 1.20. The molecule has 2 unspecified atom stereocenters. The second kappa shape index (κ2) is 8.25. The van der Waals surface area contributed by atoms with Crippen LogP contribution in [0.15, 0.2) is 0 Å². The molecule has 0 spiro atoms. The van der Waals surface area contributed by atoms with E-state index in [1.807, 2.05) is 13.8 Å². The summed E-state index contributed by atoms with van der Waals surface area (Å²) in [6.07, 6.45) is 2.49. The first-order valence-corrected chi connectivity index (χ1v) is 5.50. The maximum absolute atomic E-state index is 11.4. The third-order valence-electron chi connectivity index (χ3n) is 2.46. The van der Waals surface area contributed by atoms with Gasteiger partial charge in [-0.25, -0.2) is 0 Å². The summed E-state index contributed by atoms with van der Waals surface area (Å²) >= 11 is 0. The van der Waals surface area contributed by atoms with Gasteiger partial charge in [-0.3, -0.25) is 4.79 Å². The van der Waals surface area contributed by atoms with Crippen LogP contribution in [0.5, 0.6) is 0 Å². The van der Waals surface area contributed by atoms with E-state index in [1.165, 1.54) is 0 Å². The summed E-state index contributed by atoms with van der Waals surface area (Å²) in [7, 11) is 0. The predicted octanol–water partition coefficient (Wildman–Crippen LogP) is 1.17. The lowest BCUT2D eigenvalue weighted by Gasteiger charge is -2.14. The van der Waals surface area contributed by atoms with Crippen molar-refractivity contribution in [3.8, 4) is 6.07 Å². The minimum atomic E-state index is -0.00400. The summed E-state index contributed by atoms with van der Waals surface area (Å²) in [5.74, 6) is 0.407. The Hall–Kier alpha value is -1.08. The van der Waals surface area contributed by atoms with E-state index in [0.717, 1.165) is 12.8 Å². The van der Waals surface area contributed by atoms with E-state index in [-0.39, 0.29) is 11.9 Å². The van der Waals surface area contributed by atoms with Crippen molar-refractivity contribution in [2.75, 3.05) is 6.54 Å². The van der Waals surface area contributed by atoms with Crippen LogP contribution in [0.3, 0.4) is 0 Å². The molecular weight excluding hydrogens is 190 g/mol. The molecule has 0 rings (SSSR count). The van der Waals surface area contributed by atoms with Gasteiger partial charge in [0.05, 0.1) is 12.5 Å². The summed E-state index contributed by atoms with van der Waals surface area (Å²) in [6.45, 7) is 4.60. The molecule has 86 valence electrons. The average Bonchev–Trinajstić information content (AvgIpc) is 2.25. The van der Waals surface area contributed by atoms with Crippen molar-refractivity contribution in [2.45, 2.75) is 45.6 Å². The highest BCUT2D eigenvalue weighted by Gasteiger charge is 2.10. The zero-order chi connectivity index (χ0) is 11.7. The van der Waals surface area contributed by atoms with Crippen LogP contribution in [0, 0.1) is 17.2 Å². The van der Waals surface area contributed by atoms with Crippen LogP contribution in [-0.4, -0.2) is 18.5 Å². The smallest absolute Gasteiger partial charge is 0.220 e. The average molecular weight is 211 g/mol. The van der Waals surface area contributed by atoms with Gasteiger partial charge in [0.25, 0.3) is 0 Å². The summed E-state index contributed by atoms with van der Waals surface area (Å²) in [4.78, 5) is 11.4. The quantitative estimate of drug-likeness (QED) is 0.663. The second-order valence-corrected chi connectivity index (χ2v) is 3.91. The van der Waals surface area contributed by atoms with Gasteiger partial charge in [-0.05, 0) is 25.3 Å². The monoisotopic (exact) mass is 211 g/mol. The SMILES string of the molecule is CCC(CC#N)NC(=O)CCC(C)CN. The third-order valence-corrected chi connectivity index (χ3v) is 2.46. The van der Waals surface area contributed by atoms with E-state index in [1.54, 1.807) is 0 Å². The largest absolute Gasteiger partial charge is 0.352 e. The maximum atomic E-state index is 11.4. The van der Waals surface area contributed by atoms with Gasteiger partial charge < -0.3 is 11.1 Å². The predicted molar refractivity (Wildman–Crippen MR) is 59.9 cm³/mol. The molecule has 2 atom stereocenters. The Morgan fingerprint density at radius 3 is 2.73 bits per heavy atom. The van der Waals surface area contributed by atoms with Crippen LogP contribution in [0.4, 0.5) is 0 Å². The molecule has 0 saturated heterocycles. The maximum Gasteiger partial charge on any atom is 0.220 e. The lowest BCUT2D eigenvalue weighted by atomic mass is 10.1. The molecule has 0 aromatic carbocycles. The van der Waals surface area contributed by atoms with Crippen molar-refractivity contribution in [3.05, 3.63) is 0 Å². The molecule has 0 aliphatic rings. The molecule has 1 amide bonds. The molecule has 0 aliphatic carbocycles. The first kappa shape index (κ1) is 13.9. The summed E-state index contributed by atoms with van der Waals surface area (Å²) in [6, 6.07) is 2.06. The first-order chi connectivity index (χ1) is 7.13. The summed E-state index contributed by atoms with van der Waals surface area (Å²) in [5.41, 5.74) is 5.46. The minimum Gasteiger partial charge on any atom is -0.352 e.